The zero-order chi connectivity index (χ0) is 23.1. The Morgan fingerprint density at radius 3 is 2.38 bits per heavy atom. The quantitative estimate of drug-likeness (QED) is 0.337. The summed E-state index contributed by atoms with van der Waals surface area (Å²) in [6, 6.07) is 18.4. The lowest BCUT2D eigenvalue weighted by Gasteiger charge is -2.22. The number of carbonyl (C=O) groups excluding carboxylic acids is 1. The van der Waals surface area contributed by atoms with Gasteiger partial charge in [-0.2, -0.15) is 9.41 Å². The number of amides is 1. The first-order valence-corrected chi connectivity index (χ1v) is 11.9. The molecule has 166 valence electrons. The Morgan fingerprint density at radius 2 is 1.72 bits per heavy atom. The van der Waals surface area contributed by atoms with Crippen molar-refractivity contribution in [1.29, 1.82) is 0 Å². The standard InChI is InChI=1S/C22H18BrClFN3O3S/c23-18-7-11-20(12-8-18)32(30,31)28(14-17-3-1-2-4-21(17)24)15-22(29)27-26-13-16-5-9-19(25)10-6-16/h1-13H,14-15H2,(H,27,29)/b26-13+. The molecule has 0 bridgehead atoms. The Hall–Kier alpha value is -2.59. The van der Waals surface area contributed by atoms with Crippen LogP contribution in [0.4, 0.5) is 4.39 Å². The first-order chi connectivity index (χ1) is 15.3. The van der Waals surface area contributed by atoms with Gasteiger partial charge in [-0.05, 0) is 53.6 Å². The second-order valence-corrected chi connectivity index (χ2v) is 9.92. The van der Waals surface area contributed by atoms with Crippen LogP contribution in [0.5, 0.6) is 0 Å². The molecule has 3 aromatic rings. The molecule has 0 radical (unpaired) electrons. The summed E-state index contributed by atoms with van der Waals surface area (Å²) in [6.45, 7) is -0.586. The van der Waals surface area contributed by atoms with E-state index in [1.165, 1.54) is 42.6 Å². The van der Waals surface area contributed by atoms with Crippen molar-refractivity contribution in [1.82, 2.24) is 9.73 Å². The molecule has 0 aliphatic rings. The van der Waals surface area contributed by atoms with Crippen LogP contribution < -0.4 is 5.43 Å². The van der Waals surface area contributed by atoms with Crippen molar-refractivity contribution in [3.8, 4) is 0 Å². The number of hydrogen-bond donors (Lipinski definition) is 1. The number of benzene rings is 3. The lowest BCUT2D eigenvalue weighted by Crippen LogP contribution is -2.39. The number of sulfonamides is 1. The maximum absolute atomic E-state index is 13.2. The van der Waals surface area contributed by atoms with Crippen molar-refractivity contribution in [3.05, 3.63) is 99.2 Å². The minimum absolute atomic E-state index is 0.0374. The largest absolute Gasteiger partial charge is 0.272 e. The number of halogens is 3. The molecule has 0 saturated carbocycles. The maximum atomic E-state index is 13.2. The molecule has 10 heteroatoms. The third-order valence-electron chi connectivity index (χ3n) is 4.35. The zero-order valence-electron chi connectivity index (χ0n) is 16.6. The van der Waals surface area contributed by atoms with E-state index >= 15 is 0 Å². The summed E-state index contributed by atoms with van der Waals surface area (Å²) in [5.41, 5.74) is 3.42. The van der Waals surface area contributed by atoms with Gasteiger partial charge in [-0.1, -0.05) is 57.9 Å². The lowest BCUT2D eigenvalue weighted by molar-refractivity contribution is -0.121. The summed E-state index contributed by atoms with van der Waals surface area (Å²) in [5.74, 6) is -1.03. The molecule has 6 nitrogen and oxygen atoms in total. The molecular formula is C22H18BrClFN3O3S. The van der Waals surface area contributed by atoms with E-state index in [0.29, 0.717) is 16.1 Å². The minimum atomic E-state index is -4.01. The van der Waals surface area contributed by atoms with Gasteiger partial charge < -0.3 is 0 Å². The predicted molar refractivity (Wildman–Crippen MR) is 125 cm³/mol. The van der Waals surface area contributed by atoms with Crippen LogP contribution >= 0.6 is 27.5 Å². The number of nitrogens with one attached hydrogen (secondary N) is 1. The van der Waals surface area contributed by atoms with Crippen LogP contribution in [0.2, 0.25) is 5.02 Å². The van der Waals surface area contributed by atoms with Crippen molar-refractivity contribution in [2.24, 2.45) is 5.10 Å². The van der Waals surface area contributed by atoms with Gasteiger partial charge in [-0.3, -0.25) is 4.79 Å². The van der Waals surface area contributed by atoms with Crippen molar-refractivity contribution in [2.45, 2.75) is 11.4 Å². The van der Waals surface area contributed by atoms with Crippen molar-refractivity contribution < 1.29 is 17.6 Å². The molecule has 0 saturated heterocycles. The van der Waals surface area contributed by atoms with Crippen molar-refractivity contribution >= 4 is 49.7 Å². The molecule has 3 rings (SSSR count). The van der Waals surface area contributed by atoms with Gasteiger partial charge >= 0.3 is 0 Å². The third-order valence-corrected chi connectivity index (χ3v) is 7.05. The molecule has 0 aliphatic heterocycles. The van der Waals surface area contributed by atoms with Gasteiger partial charge in [0.15, 0.2) is 0 Å². The number of hydrogen-bond acceptors (Lipinski definition) is 4. The van der Waals surface area contributed by atoms with E-state index in [1.54, 1.807) is 36.4 Å². The average molecular weight is 539 g/mol. The highest BCUT2D eigenvalue weighted by Crippen LogP contribution is 2.23. The molecule has 0 atom stereocenters. The van der Waals surface area contributed by atoms with E-state index in [1.807, 2.05) is 0 Å². The topological polar surface area (TPSA) is 78.8 Å². The molecule has 1 N–H and O–H groups in total. The molecular weight excluding hydrogens is 521 g/mol. The van der Waals surface area contributed by atoms with E-state index in [4.69, 9.17) is 11.6 Å². The van der Waals surface area contributed by atoms with E-state index in [9.17, 15) is 17.6 Å². The van der Waals surface area contributed by atoms with Crippen LogP contribution in [0.25, 0.3) is 0 Å². The molecule has 0 fully saturated rings. The number of nitrogens with zero attached hydrogens (tertiary/aromatic N) is 2. The van der Waals surface area contributed by atoms with Crippen LogP contribution in [0.1, 0.15) is 11.1 Å². The van der Waals surface area contributed by atoms with E-state index in [2.05, 4.69) is 26.5 Å². The summed E-state index contributed by atoms with van der Waals surface area (Å²) in [5, 5.41) is 4.20. The Labute approximate surface area is 198 Å². The molecule has 3 aromatic carbocycles. The summed E-state index contributed by atoms with van der Waals surface area (Å²) >= 11 is 9.48. The highest BCUT2D eigenvalue weighted by atomic mass is 79.9. The van der Waals surface area contributed by atoms with Gasteiger partial charge in [-0.15, -0.1) is 0 Å². The van der Waals surface area contributed by atoms with Crippen LogP contribution in [0.3, 0.4) is 0 Å². The molecule has 1 amide bonds. The molecule has 32 heavy (non-hydrogen) atoms. The second kappa shape index (κ2) is 10.8. The third kappa shape index (κ3) is 6.46. The first-order valence-electron chi connectivity index (χ1n) is 9.32. The molecule has 0 unspecified atom stereocenters. The number of carbonyl (C=O) groups is 1. The molecule has 0 heterocycles. The van der Waals surface area contributed by atoms with Gasteiger partial charge in [0.1, 0.15) is 5.82 Å². The normalized spacial score (nSPS) is 11.8. The predicted octanol–water partition coefficient (Wildman–Crippen LogP) is 4.58. The molecule has 0 aliphatic carbocycles. The summed E-state index contributed by atoms with van der Waals surface area (Å²) in [4.78, 5) is 12.5. The van der Waals surface area contributed by atoms with Gasteiger partial charge in [-0.25, -0.2) is 18.2 Å². The molecule has 0 spiro atoms. The van der Waals surface area contributed by atoms with Crippen LogP contribution in [0.15, 0.2) is 87.3 Å². The average Bonchev–Trinajstić information content (AvgIpc) is 2.76. The first kappa shape index (κ1) is 24.1. The Bertz CT molecular complexity index is 1220. The number of hydrazone groups is 1. The SMILES string of the molecule is O=C(CN(Cc1ccccc1Cl)S(=O)(=O)c1ccc(Br)cc1)N/N=C/c1ccc(F)cc1. The zero-order valence-corrected chi connectivity index (χ0v) is 19.7. The summed E-state index contributed by atoms with van der Waals surface area (Å²) in [6.07, 6.45) is 1.33. The molecule has 0 aromatic heterocycles. The summed E-state index contributed by atoms with van der Waals surface area (Å²) < 4.78 is 41.2. The van der Waals surface area contributed by atoms with Gasteiger partial charge in [0.05, 0.1) is 17.7 Å². The van der Waals surface area contributed by atoms with Crippen molar-refractivity contribution in [2.75, 3.05) is 6.54 Å². The number of rotatable bonds is 8. The fraction of sp³-hybridized carbons (Fsp3) is 0.0909. The van der Waals surface area contributed by atoms with Gasteiger partial charge in [0, 0.05) is 16.0 Å². The smallest absolute Gasteiger partial charge is 0.255 e. The van der Waals surface area contributed by atoms with Gasteiger partial charge in [0.2, 0.25) is 10.0 Å². The Balaban J connectivity index is 1.80. The fourth-order valence-corrected chi connectivity index (χ4v) is 4.56. The monoisotopic (exact) mass is 537 g/mol. The highest BCUT2D eigenvalue weighted by molar-refractivity contribution is 9.10. The van der Waals surface area contributed by atoms with Crippen LogP contribution in [-0.4, -0.2) is 31.4 Å². The summed E-state index contributed by atoms with van der Waals surface area (Å²) in [7, 11) is -4.01. The Morgan fingerprint density at radius 1 is 1.06 bits per heavy atom. The van der Waals surface area contributed by atoms with Crippen molar-refractivity contribution in [3.63, 3.8) is 0 Å². The minimum Gasteiger partial charge on any atom is -0.272 e. The second-order valence-electron chi connectivity index (χ2n) is 6.66. The Kier molecular flexibility index (Phi) is 8.14. The lowest BCUT2D eigenvalue weighted by atomic mass is 10.2. The maximum Gasteiger partial charge on any atom is 0.255 e. The fourth-order valence-electron chi connectivity index (χ4n) is 2.72. The highest BCUT2D eigenvalue weighted by Gasteiger charge is 2.27. The van der Waals surface area contributed by atoms with Crippen LogP contribution in [-0.2, 0) is 21.4 Å². The van der Waals surface area contributed by atoms with Crippen LogP contribution in [0, 0.1) is 5.82 Å². The van der Waals surface area contributed by atoms with Gasteiger partial charge in [0.25, 0.3) is 5.91 Å². The van der Waals surface area contributed by atoms with E-state index in [-0.39, 0.29) is 17.3 Å². The van der Waals surface area contributed by atoms with E-state index in [0.717, 1.165) is 8.78 Å². The van der Waals surface area contributed by atoms with E-state index < -0.39 is 22.5 Å².